The lowest BCUT2D eigenvalue weighted by atomic mass is 9.96. The molecule has 0 aromatic heterocycles. The first-order valence-electron chi connectivity index (χ1n) is 5.65. The van der Waals surface area contributed by atoms with E-state index in [2.05, 4.69) is 0 Å². The first-order valence-corrected chi connectivity index (χ1v) is 5.65. The number of benzene rings is 1. The van der Waals surface area contributed by atoms with E-state index in [1.165, 1.54) is 4.90 Å². The highest BCUT2D eigenvalue weighted by Crippen LogP contribution is 2.35. The Morgan fingerprint density at radius 2 is 2.12 bits per heavy atom. The van der Waals surface area contributed by atoms with E-state index in [4.69, 9.17) is 0 Å². The number of rotatable bonds is 3. The lowest BCUT2D eigenvalue weighted by molar-refractivity contribution is -0.144. The molecule has 1 atom stereocenters. The van der Waals surface area contributed by atoms with Crippen LogP contribution in [0.15, 0.2) is 24.3 Å². The summed E-state index contributed by atoms with van der Waals surface area (Å²) in [4.78, 5) is 24.8. The van der Waals surface area contributed by atoms with Crippen LogP contribution in [0.2, 0.25) is 0 Å². The minimum atomic E-state index is -1.16. The molecule has 1 unspecified atom stereocenters. The number of anilines is 1. The number of carboxylic acid groups (broad SMARTS) is 1. The normalized spacial score (nSPS) is 17.8. The Kier molecular flexibility index (Phi) is 2.65. The van der Waals surface area contributed by atoms with E-state index in [1.807, 2.05) is 18.2 Å². The van der Waals surface area contributed by atoms with Crippen molar-refractivity contribution in [3.05, 3.63) is 29.8 Å². The van der Waals surface area contributed by atoms with Crippen LogP contribution in [0.4, 0.5) is 5.69 Å². The molecule has 1 aliphatic rings. The van der Waals surface area contributed by atoms with E-state index >= 15 is 0 Å². The Labute approximate surface area is 99.9 Å². The van der Waals surface area contributed by atoms with Crippen molar-refractivity contribution >= 4 is 17.6 Å². The van der Waals surface area contributed by atoms with E-state index in [9.17, 15) is 14.7 Å². The third kappa shape index (κ3) is 1.60. The minimum Gasteiger partial charge on any atom is -0.479 e. The molecule has 1 heterocycles. The summed E-state index contributed by atoms with van der Waals surface area (Å²) in [5.41, 5.74) is 0.464. The van der Waals surface area contributed by atoms with Gasteiger partial charge < -0.3 is 5.11 Å². The molecule has 1 aromatic carbocycles. The highest BCUT2D eigenvalue weighted by molar-refractivity contribution is 6.07. The summed E-state index contributed by atoms with van der Waals surface area (Å²) in [5.74, 6) is -1.11. The van der Waals surface area contributed by atoms with Crippen LogP contribution in [-0.4, -0.2) is 22.5 Å². The number of aliphatic carboxylic acids is 1. The Hall–Kier alpha value is -1.84. The van der Waals surface area contributed by atoms with Gasteiger partial charge in [-0.25, -0.2) is 4.79 Å². The van der Waals surface area contributed by atoms with Gasteiger partial charge in [-0.15, -0.1) is 0 Å². The number of carboxylic acids is 1. The van der Waals surface area contributed by atoms with Crippen molar-refractivity contribution in [1.82, 2.24) is 0 Å². The van der Waals surface area contributed by atoms with Crippen LogP contribution >= 0.6 is 0 Å². The number of nitrogens with zero attached hydrogens (tertiary/aromatic N) is 1. The molecule has 0 aliphatic carbocycles. The maximum atomic E-state index is 12.0. The van der Waals surface area contributed by atoms with Crippen molar-refractivity contribution in [1.29, 1.82) is 0 Å². The van der Waals surface area contributed by atoms with Crippen molar-refractivity contribution in [2.75, 3.05) is 4.90 Å². The second-order valence-corrected chi connectivity index (χ2v) is 4.47. The fourth-order valence-electron chi connectivity index (χ4n) is 2.20. The number of carbonyl (C=O) groups excluding carboxylic acids is 1. The second kappa shape index (κ2) is 3.87. The number of hydrogen-bond donors (Lipinski definition) is 1. The molecule has 0 saturated heterocycles. The fraction of sp³-hybridized carbons (Fsp3) is 0.385. The van der Waals surface area contributed by atoms with Crippen LogP contribution in [0.1, 0.15) is 25.8 Å². The minimum absolute atomic E-state index is 0.141. The smallest absolute Gasteiger partial charge is 0.329 e. The van der Waals surface area contributed by atoms with Crippen LogP contribution in [0, 0.1) is 0 Å². The summed E-state index contributed by atoms with van der Waals surface area (Å²) in [6.07, 6.45) is 0.668. The standard InChI is InChI=1S/C13H15NO3/c1-3-13(2,12(16)17)14-10-7-5-4-6-9(10)8-11(14)15/h4-7H,3,8H2,1-2H3,(H,16,17). The lowest BCUT2D eigenvalue weighted by Crippen LogP contribution is -2.53. The Bertz CT molecular complexity index is 483. The van der Waals surface area contributed by atoms with Crippen LogP contribution in [0.3, 0.4) is 0 Å². The van der Waals surface area contributed by atoms with Gasteiger partial charge >= 0.3 is 5.97 Å². The second-order valence-electron chi connectivity index (χ2n) is 4.47. The predicted molar refractivity (Wildman–Crippen MR) is 64.0 cm³/mol. The SMILES string of the molecule is CCC(C)(C(=O)O)N1C(=O)Cc2ccccc21. The number of hydrogen-bond acceptors (Lipinski definition) is 2. The molecule has 0 fully saturated rings. The maximum absolute atomic E-state index is 12.0. The first kappa shape index (κ1) is 11.6. The zero-order valence-corrected chi connectivity index (χ0v) is 9.93. The Morgan fingerprint density at radius 1 is 1.47 bits per heavy atom. The van der Waals surface area contributed by atoms with Gasteiger partial charge in [-0.3, -0.25) is 9.69 Å². The van der Waals surface area contributed by atoms with Gasteiger partial charge in [0.1, 0.15) is 5.54 Å². The summed E-state index contributed by atoms with van der Waals surface area (Å²) in [5, 5.41) is 9.34. The summed E-state index contributed by atoms with van der Waals surface area (Å²) in [6.45, 7) is 3.37. The van der Waals surface area contributed by atoms with Crippen molar-refractivity contribution < 1.29 is 14.7 Å². The molecule has 1 N–H and O–H groups in total. The van der Waals surface area contributed by atoms with Crippen molar-refractivity contribution in [3.8, 4) is 0 Å². The molecule has 17 heavy (non-hydrogen) atoms. The van der Waals surface area contributed by atoms with E-state index in [-0.39, 0.29) is 5.91 Å². The van der Waals surface area contributed by atoms with Gasteiger partial charge in [0.25, 0.3) is 0 Å². The molecule has 0 saturated carbocycles. The van der Waals surface area contributed by atoms with Gasteiger partial charge in [-0.2, -0.15) is 0 Å². The summed E-state index contributed by atoms with van der Waals surface area (Å²) < 4.78 is 0. The zero-order valence-electron chi connectivity index (χ0n) is 9.93. The van der Waals surface area contributed by atoms with E-state index < -0.39 is 11.5 Å². The van der Waals surface area contributed by atoms with E-state index in [1.54, 1.807) is 19.9 Å². The highest BCUT2D eigenvalue weighted by Gasteiger charge is 2.45. The number of carbonyl (C=O) groups is 2. The van der Waals surface area contributed by atoms with Gasteiger partial charge in [-0.05, 0) is 25.0 Å². The third-order valence-corrected chi connectivity index (χ3v) is 3.47. The third-order valence-electron chi connectivity index (χ3n) is 3.47. The molecule has 90 valence electrons. The molecule has 2 rings (SSSR count). The molecule has 1 amide bonds. The van der Waals surface area contributed by atoms with Gasteiger partial charge in [0.05, 0.1) is 6.42 Å². The molecular formula is C13H15NO3. The summed E-state index contributed by atoms with van der Waals surface area (Å²) in [6, 6.07) is 7.35. The molecule has 4 nitrogen and oxygen atoms in total. The van der Waals surface area contributed by atoms with Crippen LogP contribution in [0.25, 0.3) is 0 Å². The fourth-order valence-corrected chi connectivity index (χ4v) is 2.20. The average molecular weight is 233 g/mol. The monoisotopic (exact) mass is 233 g/mol. The maximum Gasteiger partial charge on any atom is 0.329 e. The highest BCUT2D eigenvalue weighted by atomic mass is 16.4. The quantitative estimate of drug-likeness (QED) is 0.866. The summed E-state index contributed by atoms with van der Waals surface area (Å²) >= 11 is 0. The van der Waals surface area contributed by atoms with Crippen LogP contribution in [0.5, 0.6) is 0 Å². The van der Waals surface area contributed by atoms with Gasteiger partial charge in [0.15, 0.2) is 0 Å². The predicted octanol–water partition coefficient (Wildman–Crippen LogP) is 1.83. The van der Waals surface area contributed by atoms with Gasteiger partial charge in [0.2, 0.25) is 5.91 Å². The Morgan fingerprint density at radius 3 is 2.71 bits per heavy atom. The van der Waals surface area contributed by atoms with Crippen LogP contribution < -0.4 is 4.90 Å². The van der Waals surface area contributed by atoms with Crippen molar-refractivity contribution in [3.63, 3.8) is 0 Å². The number of para-hydroxylation sites is 1. The van der Waals surface area contributed by atoms with Crippen molar-refractivity contribution in [2.24, 2.45) is 0 Å². The van der Waals surface area contributed by atoms with E-state index in [0.717, 1.165) is 11.3 Å². The molecule has 0 radical (unpaired) electrons. The molecule has 0 spiro atoms. The van der Waals surface area contributed by atoms with Gasteiger partial charge in [0, 0.05) is 5.69 Å². The van der Waals surface area contributed by atoms with Gasteiger partial charge in [-0.1, -0.05) is 25.1 Å². The van der Waals surface area contributed by atoms with Crippen LogP contribution in [-0.2, 0) is 16.0 Å². The van der Waals surface area contributed by atoms with E-state index in [0.29, 0.717) is 12.8 Å². The molecule has 1 aliphatic heterocycles. The molecule has 4 heteroatoms. The number of fused-ring (bicyclic) bond motifs is 1. The largest absolute Gasteiger partial charge is 0.479 e. The molecule has 1 aromatic rings. The zero-order chi connectivity index (χ0) is 12.6. The average Bonchev–Trinajstić information content (AvgIpc) is 2.64. The van der Waals surface area contributed by atoms with Crippen molar-refractivity contribution in [2.45, 2.75) is 32.2 Å². The molecule has 0 bridgehead atoms. The Balaban J connectivity index is 2.53. The number of amides is 1. The topological polar surface area (TPSA) is 57.6 Å². The summed E-state index contributed by atoms with van der Waals surface area (Å²) in [7, 11) is 0. The lowest BCUT2D eigenvalue weighted by Gasteiger charge is -2.34. The first-order chi connectivity index (χ1) is 8.00. The molecular weight excluding hydrogens is 218 g/mol.